The Labute approximate surface area is 186 Å². The van der Waals surface area contributed by atoms with Crippen molar-refractivity contribution in [1.29, 1.82) is 0 Å². The third-order valence-corrected chi connectivity index (χ3v) is 6.00. The molecule has 4 heterocycles. The molecule has 0 radical (unpaired) electrons. The maximum absolute atomic E-state index is 6.10. The molecule has 6 rings (SSSR count). The maximum atomic E-state index is 6.10. The molecule has 3 N–H and O–H groups in total. The van der Waals surface area contributed by atoms with Gasteiger partial charge >= 0.3 is 0 Å². The standard InChI is InChI=1S/C24H16N6OS/c25-24-30-21-18(2-1-3-19(21)32-24)14-4-6-17(7-5-14)31-23-20(26-10-11-28-23)16-12-15-8-9-27-22(15)29-13-16/h1-13H,(H2,25,30)(H,27,29). The number of para-hydroxylation sites is 1. The number of thiazole rings is 1. The number of aromatic amines is 1. The molecule has 0 aliphatic rings. The van der Waals surface area contributed by atoms with E-state index in [-0.39, 0.29) is 0 Å². The summed E-state index contributed by atoms with van der Waals surface area (Å²) in [6.45, 7) is 0. The molecule has 0 unspecified atom stereocenters. The molecule has 0 fully saturated rings. The number of rotatable bonds is 4. The lowest BCUT2D eigenvalue weighted by atomic mass is 10.0. The quantitative estimate of drug-likeness (QED) is 0.369. The van der Waals surface area contributed by atoms with Gasteiger partial charge in [-0.25, -0.2) is 19.9 Å². The summed E-state index contributed by atoms with van der Waals surface area (Å²) in [5.41, 5.74) is 11.2. The lowest BCUT2D eigenvalue weighted by Crippen LogP contribution is -1.94. The number of ether oxygens (including phenoxy) is 1. The van der Waals surface area contributed by atoms with E-state index in [9.17, 15) is 0 Å². The number of hydrogen-bond acceptors (Lipinski definition) is 7. The van der Waals surface area contributed by atoms with Crippen molar-refractivity contribution < 1.29 is 4.74 Å². The molecule has 0 spiro atoms. The summed E-state index contributed by atoms with van der Waals surface area (Å²) in [4.78, 5) is 20.9. The Morgan fingerprint density at radius 2 is 1.78 bits per heavy atom. The summed E-state index contributed by atoms with van der Waals surface area (Å²) < 4.78 is 7.16. The van der Waals surface area contributed by atoms with E-state index in [2.05, 4.69) is 24.9 Å². The lowest BCUT2D eigenvalue weighted by molar-refractivity contribution is 0.462. The Balaban J connectivity index is 1.33. The van der Waals surface area contributed by atoms with Crippen LogP contribution in [-0.4, -0.2) is 24.9 Å². The van der Waals surface area contributed by atoms with Crippen molar-refractivity contribution in [3.8, 4) is 34.0 Å². The summed E-state index contributed by atoms with van der Waals surface area (Å²) in [6, 6.07) is 17.9. The molecule has 2 aromatic carbocycles. The summed E-state index contributed by atoms with van der Waals surface area (Å²) in [7, 11) is 0. The van der Waals surface area contributed by atoms with Crippen LogP contribution >= 0.6 is 11.3 Å². The van der Waals surface area contributed by atoms with Crippen LogP contribution in [0.15, 0.2) is 79.4 Å². The van der Waals surface area contributed by atoms with E-state index in [0.717, 1.165) is 37.9 Å². The van der Waals surface area contributed by atoms with Gasteiger partial charge in [-0.15, -0.1) is 0 Å². The Morgan fingerprint density at radius 1 is 0.906 bits per heavy atom. The fourth-order valence-corrected chi connectivity index (χ4v) is 4.44. The van der Waals surface area contributed by atoms with Crippen molar-refractivity contribution in [2.45, 2.75) is 0 Å². The Kier molecular flexibility index (Phi) is 4.29. The zero-order valence-electron chi connectivity index (χ0n) is 16.7. The van der Waals surface area contributed by atoms with Crippen molar-refractivity contribution in [2.24, 2.45) is 0 Å². The minimum absolute atomic E-state index is 0.423. The van der Waals surface area contributed by atoms with Gasteiger partial charge in [0.1, 0.15) is 17.1 Å². The van der Waals surface area contributed by atoms with Gasteiger partial charge in [0.15, 0.2) is 5.13 Å². The van der Waals surface area contributed by atoms with Gasteiger partial charge in [0.25, 0.3) is 0 Å². The topological polar surface area (TPSA) is 103 Å². The summed E-state index contributed by atoms with van der Waals surface area (Å²) in [6.07, 6.45) is 6.88. The van der Waals surface area contributed by atoms with Crippen LogP contribution in [0.5, 0.6) is 11.6 Å². The first-order valence-electron chi connectivity index (χ1n) is 9.92. The van der Waals surface area contributed by atoms with Crippen LogP contribution < -0.4 is 10.5 Å². The van der Waals surface area contributed by atoms with E-state index >= 15 is 0 Å². The summed E-state index contributed by atoms with van der Waals surface area (Å²) in [5.74, 6) is 1.09. The number of fused-ring (bicyclic) bond motifs is 2. The molecular weight excluding hydrogens is 420 g/mol. The Bertz CT molecular complexity index is 1570. The molecule has 0 bridgehead atoms. The minimum atomic E-state index is 0.423. The van der Waals surface area contributed by atoms with Crippen molar-refractivity contribution in [2.75, 3.05) is 5.73 Å². The fraction of sp³-hybridized carbons (Fsp3) is 0. The predicted octanol–water partition coefficient (Wildman–Crippen LogP) is 5.67. The Hall–Kier alpha value is -4.30. The summed E-state index contributed by atoms with van der Waals surface area (Å²) in [5, 5.41) is 1.57. The largest absolute Gasteiger partial charge is 0.437 e. The van der Waals surface area contributed by atoms with Gasteiger partial charge in [-0.1, -0.05) is 35.6 Å². The molecule has 8 heteroatoms. The SMILES string of the molecule is Nc1nc2c(-c3ccc(Oc4nccnc4-c4cnc5[nH]ccc5c4)cc3)cccc2s1. The first-order valence-corrected chi connectivity index (χ1v) is 10.7. The normalized spacial score (nSPS) is 11.2. The van der Waals surface area contributed by atoms with E-state index in [4.69, 9.17) is 10.5 Å². The third-order valence-electron chi connectivity index (χ3n) is 5.15. The molecule has 0 saturated heterocycles. The van der Waals surface area contributed by atoms with Crippen LogP contribution in [0.1, 0.15) is 0 Å². The van der Waals surface area contributed by atoms with Crippen LogP contribution in [0.2, 0.25) is 0 Å². The highest BCUT2D eigenvalue weighted by Crippen LogP contribution is 2.35. The third kappa shape index (κ3) is 3.23. The highest BCUT2D eigenvalue weighted by atomic mass is 32.1. The molecule has 0 aliphatic heterocycles. The number of benzene rings is 2. The van der Waals surface area contributed by atoms with E-state index in [1.807, 2.05) is 60.8 Å². The van der Waals surface area contributed by atoms with E-state index in [0.29, 0.717) is 22.5 Å². The van der Waals surface area contributed by atoms with Crippen LogP contribution in [0, 0.1) is 0 Å². The van der Waals surface area contributed by atoms with Crippen molar-refractivity contribution in [1.82, 2.24) is 24.9 Å². The number of H-pyrrole nitrogens is 1. The number of hydrogen-bond donors (Lipinski definition) is 2. The second-order valence-corrected chi connectivity index (χ2v) is 8.24. The van der Waals surface area contributed by atoms with Gasteiger partial charge in [0.05, 0.1) is 10.2 Å². The van der Waals surface area contributed by atoms with Gasteiger partial charge in [-0.05, 0) is 35.9 Å². The van der Waals surface area contributed by atoms with E-state index < -0.39 is 0 Å². The second kappa shape index (κ2) is 7.44. The van der Waals surface area contributed by atoms with Gasteiger partial charge in [-0.3, -0.25) is 0 Å². The van der Waals surface area contributed by atoms with Gasteiger partial charge < -0.3 is 15.5 Å². The van der Waals surface area contributed by atoms with E-state index in [1.54, 1.807) is 18.6 Å². The molecule has 4 aromatic heterocycles. The Morgan fingerprint density at radius 3 is 2.69 bits per heavy atom. The number of pyridine rings is 1. The van der Waals surface area contributed by atoms with Crippen molar-refractivity contribution in [3.63, 3.8) is 0 Å². The predicted molar refractivity (Wildman–Crippen MR) is 127 cm³/mol. The molecule has 32 heavy (non-hydrogen) atoms. The zero-order valence-corrected chi connectivity index (χ0v) is 17.5. The molecular formula is C24H16N6OS. The number of nitrogens with two attached hydrogens (primary N) is 1. The van der Waals surface area contributed by atoms with Gasteiger partial charge in [0.2, 0.25) is 5.88 Å². The number of anilines is 1. The summed E-state index contributed by atoms with van der Waals surface area (Å²) >= 11 is 1.49. The van der Waals surface area contributed by atoms with Crippen LogP contribution in [0.4, 0.5) is 5.13 Å². The van der Waals surface area contributed by atoms with Gasteiger partial charge in [-0.2, -0.15) is 0 Å². The molecule has 0 amide bonds. The molecule has 0 aliphatic carbocycles. The van der Waals surface area contributed by atoms with Crippen molar-refractivity contribution in [3.05, 3.63) is 79.4 Å². The van der Waals surface area contributed by atoms with Crippen LogP contribution in [-0.2, 0) is 0 Å². The lowest BCUT2D eigenvalue weighted by Gasteiger charge is -2.10. The molecule has 7 nitrogen and oxygen atoms in total. The average Bonchev–Trinajstić information content (AvgIpc) is 3.45. The number of nitrogen functional groups attached to an aromatic ring is 1. The van der Waals surface area contributed by atoms with E-state index in [1.165, 1.54) is 11.3 Å². The van der Waals surface area contributed by atoms with Crippen molar-refractivity contribution >= 4 is 37.7 Å². The number of nitrogens with one attached hydrogen (secondary N) is 1. The monoisotopic (exact) mass is 436 g/mol. The first-order chi connectivity index (χ1) is 15.7. The molecule has 6 aromatic rings. The van der Waals surface area contributed by atoms with Crippen LogP contribution in [0.25, 0.3) is 43.6 Å². The smallest absolute Gasteiger partial charge is 0.246 e. The maximum Gasteiger partial charge on any atom is 0.246 e. The number of nitrogens with zero attached hydrogens (tertiary/aromatic N) is 4. The molecule has 0 atom stereocenters. The average molecular weight is 437 g/mol. The minimum Gasteiger partial charge on any atom is -0.437 e. The number of aromatic nitrogens is 5. The second-order valence-electron chi connectivity index (χ2n) is 7.18. The zero-order chi connectivity index (χ0) is 21.5. The first kappa shape index (κ1) is 18.5. The highest BCUT2D eigenvalue weighted by molar-refractivity contribution is 7.22. The van der Waals surface area contributed by atoms with Crippen LogP contribution in [0.3, 0.4) is 0 Å². The molecule has 154 valence electrons. The highest BCUT2D eigenvalue weighted by Gasteiger charge is 2.13. The molecule has 0 saturated carbocycles. The van der Waals surface area contributed by atoms with Gasteiger partial charge in [0, 0.05) is 41.3 Å². The fourth-order valence-electron chi connectivity index (χ4n) is 3.68.